The van der Waals surface area contributed by atoms with E-state index in [9.17, 15) is 0 Å². The van der Waals surface area contributed by atoms with Crippen LogP contribution in [0.4, 0.5) is 0 Å². The van der Waals surface area contributed by atoms with Crippen molar-refractivity contribution in [1.82, 2.24) is 0 Å². The van der Waals surface area contributed by atoms with Crippen LogP contribution in [0.25, 0.3) is 0 Å². The standard InChI is InChI=1S/C7H15ClS/c1-7(3-5-8)4-6-9-2/h7H,3-6H2,1-2H3. The van der Waals surface area contributed by atoms with Crippen LogP contribution in [0.15, 0.2) is 0 Å². The van der Waals surface area contributed by atoms with Crippen molar-refractivity contribution in [1.29, 1.82) is 0 Å². The second kappa shape index (κ2) is 6.76. The van der Waals surface area contributed by atoms with E-state index in [1.807, 2.05) is 11.8 Å². The van der Waals surface area contributed by atoms with Crippen molar-refractivity contribution in [3.63, 3.8) is 0 Å². The Morgan fingerprint density at radius 3 is 2.56 bits per heavy atom. The second-order valence-corrected chi connectivity index (χ2v) is 3.73. The monoisotopic (exact) mass is 166 g/mol. The van der Waals surface area contributed by atoms with Crippen molar-refractivity contribution in [3.8, 4) is 0 Å². The van der Waals surface area contributed by atoms with Gasteiger partial charge in [-0.1, -0.05) is 6.92 Å². The lowest BCUT2D eigenvalue weighted by Gasteiger charge is -2.06. The number of halogens is 1. The molecule has 0 bridgehead atoms. The molecule has 0 aliphatic carbocycles. The summed E-state index contributed by atoms with van der Waals surface area (Å²) in [4.78, 5) is 0. The zero-order valence-corrected chi connectivity index (χ0v) is 7.76. The summed E-state index contributed by atoms with van der Waals surface area (Å²) in [5.41, 5.74) is 0. The molecular formula is C7H15ClS. The van der Waals surface area contributed by atoms with Crippen LogP contribution < -0.4 is 0 Å². The van der Waals surface area contributed by atoms with Crippen molar-refractivity contribution in [3.05, 3.63) is 0 Å². The molecule has 0 amide bonds. The third-order valence-electron chi connectivity index (χ3n) is 1.42. The van der Waals surface area contributed by atoms with Crippen LogP contribution in [0.2, 0.25) is 0 Å². The summed E-state index contributed by atoms with van der Waals surface area (Å²) in [7, 11) is 0. The molecule has 0 aliphatic rings. The average molecular weight is 167 g/mol. The lowest BCUT2D eigenvalue weighted by atomic mass is 10.1. The van der Waals surface area contributed by atoms with E-state index in [0.717, 1.165) is 11.8 Å². The van der Waals surface area contributed by atoms with Crippen molar-refractivity contribution in [2.75, 3.05) is 17.9 Å². The molecule has 0 saturated heterocycles. The molecule has 0 heterocycles. The van der Waals surface area contributed by atoms with E-state index in [4.69, 9.17) is 11.6 Å². The first-order valence-electron chi connectivity index (χ1n) is 3.36. The van der Waals surface area contributed by atoms with Crippen LogP contribution >= 0.6 is 23.4 Å². The van der Waals surface area contributed by atoms with Crippen LogP contribution in [-0.2, 0) is 0 Å². The minimum Gasteiger partial charge on any atom is -0.165 e. The highest BCUT2D eigenvalue weighted by atomic mass is 35.5. The van der Waals surface area contributed by atoms with Gasteiger partial charge >= 0.3 is 0 Å². The van der Waals surface area contributed by atoms with E-state index in [1.165, 1.54) is 18.6 Å². The molecule has 0 radical (unpaired) electrons. The molecule has 0 N–H and O–H groups in total. The zero-order chi connectivity index (χ0) is 7.11. The van der Waals surface area contributed by atoms with Gasteiger partial charge in [-0.15, -0.1) is 11.6 Å². The Bertz CT molecular complexity index is 56.9. The topological polar surface area (TPSA) is 0 Å². The van der Waals surface area contributed by atoms with Crippen molar-refractivity contribution >= 4 is 23.4 Å². The van der Waals surface area contributed by atoms with E-state index in [1.54, 1.807) is 0 Å². The van der Waals surface area contributed by atoms with E-state index in [2.05, 4.69) is 13.2 Å². The molecule has 1 unspecified atom stereocenters. The summed E-state index contributed by atoms with van der Waals surface area (Å²) in [6.07, 6.45) is 4.63. The highest BCUT2D eigenvalue weighted by Gasteiger charge is 1.98. The molecule has 0 fully saturated rings. The Labute approximate surface area is 67.4 Å². The van der Waals surface area contributed by atoms with Crippen LogP contribution in [-0.4, -0.2) is 17.9 Å². The van der Waals surface area contributed by atoms with Crippen LogP contribution in [0.3, 0.4) is 0 Å². The number of rotatable bonds is 5. The molecule has 9 heavy (non-hydrogen) atoms. The maximum atomic E-state index is 5.57. The van der Waals surface area contributed by atoms with Crippen LogP contribution in [0, 0.1) is 5.92 Å². The lowest BCUT2D eigenvalue weighted by molar-refractivity contribution is 0.552. The third kappa shape index (κ3) is 6.53. The molecule has 0 spiro atoms. The number of alkyl halides is 1. The minimum atomic E-state index is 0.815. The Balaban J connectivity index is 2.95. The quantitative estimate of drug-likeness (QED) is 0.566. The maximum absolute atomic E-state index is 5.57. The predicted molar refractivity (Wildman–Crippen MR) is 47.5 cm³/mol. The van der Waals surface area contributed by atoms with E-state index in [-0.39, 0.29) is 0 Å². The van der Waals surface area contributed by atoms with Gasteiger partial charge < -0.3 is 0 Å². The molecule has 0 aromatic rings. The van der Waals surface area contributed by atoms with Crippen molar-refractivity contribution in [2.45, 2.75) is 19.8 Å². The highest BCUT2D eigenvalue weighted by molar-refractivity contribution is 7.98. The highest BCUT2D eigenvalue weighted by Crippen LogP contribution is 2.10. The van der Waals surface area contributed by atoms with Gasteiger partial charge in [0.2, 0.25) is 0 Å². The van der Waals surface area contributed by atoms with Gasteiger partial charge in [0.15, 0.2) is 0 Å². The first kappa shape index (κ1) is 9.64. The summed E-state index contributed by atoms with van der Waals surface area (Å²) in [6, 6.07) is 0. The molecule has 2 heteroatoms. The fraction of sp³-hybridized carbons (Fsp3) is 1.00. The van der Waals surface area contributed by atoms with Crippen molar-refractivity contribution < 1.29 is 0 Å². The maximum Gasteiger partial charge on any atom is 0.0225 e. The summed E-state index contributed by atoms with van der Waals surface area (Å²) in [5, 5.41) is 0. The molecule has 1 atom stereocenters. The van der Waals surface area contributed by atoms with Gasteiger partial charge in [0, 0.05) is 5.88 Å². The van der Waals surface area contributed by atoms with E-state index >= 15 is 0 Å². The van der Waals surface area contributed by atoms with Gasteiger partial charge in [-0.05, 0) is 30.8 Å². The van der Waals surface area contributed by atoms with Crippen molar-refractivity contribution in [2.24, 2.45) is 5.92 Å². The normalized spacial score (nSPS) is 13.7. The van der Waals surface area contributed by atoms with E-state index in [0.29, 0.717) is 0 Å². The van der Waals surface area contributed by atoms with Gasteiger partial charge in [0.1, 0.15) is 0 Å². The average Bonchev–Trinajstić information content (AvgIpc) is 1.85. The number of hydrogen-bond acceptors (Lipinski definition) is 1. The zero-order valence-electron chi connectivity index (χ0n) is 6.19. The number of thioether (sulfide) groups is 1. The largest absolute Gasteiger partial charge is 0.165 e. The summed E-state index contributed by atoms with van der Waals surface area (Å²) in [5.74, 6) is 2.91. The summed E-state index contributed by atoms with van der Waals surface area (Å²) >= 11 is 7.48. The summed E-state index contributed by atoms with van der Waals surface area (Å²) in [6.45, 7) is 2.26. The Hall–Kier alpha value is 0.640. The Morgan fingerprint density at radius 1 is 1.44 bits per heavy atom. The fourth-order valence-corrected chi connectivity index (χ4v) is 1.66. The molecule has 0 rings (SSSR count). The third-order valence-corrected chi connectivity index (χ3v) is 2.28. The molecule has 0 nitrogen and oxygen atoms in total. The fourth-order valence-electron chi connectivity index (χ4n) is 0.650. The number of hydrogen-bond donors (Lipinski definition) is 0. The van der Waals surface area contributed by atoms with Gasteiger partial charge in [0.25, 0.3) is 0 Å². The van der Waals surface area contributed by atoms with Crippen LogP contribution in [0.1, 0.15) is 19.8 Å². The molecule has 56 valence electrons. The predicted octanol–water partition coefficient (Wildman–Crippen LogP) is 3.00. The first-order valence-corrected chi connectivity index (χ1v) is 5.29. The summed E-state index contributed by atoms with van der Waals surface area (Å²) < 4.78 is 0. The molecule has 0 aliphatic heterocycles. The van der Waals surface area contributed by atoms with E-state index < -0.39 is 0 Å². The molecule has 0 aromatic carbocycles. The molecule has 0 aromatic heterocycles. The SMILES string of the molecule is CSCCC(C)CCCl. The first-order chi connectivity index (χ1) is 4.31. The van der Waals surface area contributed by atoms with Crippen LogP contribution in [0.5, 0.6) is 0 Å². The second-order valence-electron chi connectivity index (χ2n) is 2.36. The minimum absolute atomic E-state index is 0.815. The molecule has 0 saturated carbocycles. The Kier molecular flexibility index (Phi) is 7.24. The Morgan fingerprint density at radius 2 is 2.11 bits per heavy atom. The van der Waals surface area contributed by atoms with Gasteiger partial charge in [0.05, 0.1) is 0 Å². The van der Waals surface area contributed by atoms with Gasteiger partial charge in [-0.3, -0.25) is 0 Å². The smallest absolute Gasteiger partial charge is 0.0225 e. The molecular weight excluding hydrogens is 152 g/mol. The van der Waals surface area contributed by atoms with Gasteiger partial charge in [-0.2, -0.15) is 11.8 Å². The lowest BCUT2D eigenvalue weighted by Crippen LogP contribution is -1.96. The van der Waals surface area contributed by atoms with Gasteiger partial charge in [-0.25, -0.2) is 0 Å².